The van der Waals surface area contributed by atoms with Crippen LogP contribution in [0.5, 0.6) is 0 Å². The van der Waals surface area contributed by atoms with E-state index in [0.29, 0.717) is 11.7 Å². The van der Waals surface area contributed by atoms with Crippen LogP contribution in [0.25, 0.3) is 0 Å². The molecule has 5 nitrogen and oxygen atoms in total. The second-order valence-corrected chi connectivity index (χ2v) is 4.97. The molecule has 0 atom stereocenters. The van der Waals surface area contributed by atoms with Crippen LogP contribution in [-0.4, -0.2) is 11.0 Å². The number of aryl methyl sites for hydroxylation is 2. The summed E-state index contributed by atoms with van der Waals surface area (Å²) in [6.07, 6.45) is 2.45. The predicted octanol–water partition coefficient (Wildman–Crippen LogP) is 2.93. The smallest absolute Gasteiger partial charge is 0.321 e. The minimum Gasteiger partial charge on any atom is -0.467 e. The number of carbonyl (C=O) groups is 1. The molecule has 0 unspecified atom stereocenters. The third kappa shape index (κ3) is 3.10. The van der Waals surface area contributed by atoms with Crippen molar-refractivity contribution in [2.75, 3.05) is 5.32 Å². The summed E-state index contributed by atoms with van der Waals surface area (Å²) in [5.41, 5.74) is 1.03. The summed E-state index contributed by atoms with van der Waals surface area (Å²) in [4.78, 5) is 17.1. The van der Waals surface area contributed by atoms with Crippen LogP contribution < -0.4 is 10.6 Å². The molecule has 0 aliphatic carbocycles. The van der Waals surface area contributed by atoms with Crippen molar-refractivity contribution in [1.29, 1.82) is 0 Å². The number of thiazole rings is 1. The first-order valence-electron chi connectivity index (χ1n) is 5.72. The first kappa shape index (κ1) is 12.6. The Morgan fingerprint density at radius 3 is 3.00 bits per heavy atom. The van der Waals surface area contributed by atoms with Gasteiger partial charge in [-0.2, -0.15) is 0 Å². The lowest BCUT2D eigenvalue weighted by Crippen LogP contribution is -2.27. The van der Waals surface area contributed by atoms with Crippen molar-refractivity contribution in [2.45, 2.75) is 26.8 Å². The quantitative estimate of drug-likeness (QED) is 0.893. The number of hydrogen-bond acceptors (Lipinski definition) is 4. The Hall–Kier alpha value is -1.82. The molecule has 2 heterocycles. The highest BCUT2D eigenvalue weighted by atomic mass is 32.1. The summed E-state index contributed by atoms with van der Waals surface area (Å²) in [5.74, 6) is 0.717. The van der Waals surface area contributed by atoms with E-state index < -0.39 is 0 Å². The zero-order valence-corrected chi connectivity index (χ0v) is 11.1. The Kier molecular flexibility index (Phi) is 3.99. The van der Waals surface area contributed by atoms with E-state index in [4.69, 9.17) is 4.42 Å². The van der Waals surface area contributed by atoms with Crippen LogP contribution in [0.2, 0.25) is 0 Å². The molecule has 0 radical (unpaired) electrons. The number of hydrogen-bond donors (Lipinski definition) is 2. The molecule has 0 saturated carbocycles. The van der Waals surface area contributed by atoms with E-state index in [0.717, 1.165) is 22.8 Å². The molecule has 2 amide bonds. The van der Waals surface area contributed by atoms with Gasteiger partial charge in [-0.25, -0.2) is 9.78 Å². The topological polar surface area (TPSA) is 67.2 Å². The second kappa shape index (κ2) is 5.68. The van der Waals surface area contributed by atoms with Crippen molar-refractivity contribution in [3.8, 4) is 0 Å². The Bertz CT molecular complexity index is 519. The van der Waals surface area contributed by atoms with Crippen LogP contribution in [-0.2, 0) is 13.0 Å². The summed E-state index contributed by atoms with van der Waals surface area (Å²) < 4.78 is 5.12. The lowest BCUT2D eigenvalue weighted by Gasteiger charge is -2.02. The molecule has 0 aliphatic heterocycles. The van der Waals surface area contributed by atoms with Crippen LogP contribution in [0.3, 0.4) is 0 Å². The lowest BCUT2D eigenvalue weighted by atomic mass is 10.3. The molecule has 2 aromatic rings. The summed E-state index contributed by atoms with van der Waals surface area (Å²) in [6, 6.07) is 3.32. The Balaban J connectivity index is 1.86. The highest BCUT2D eigenvalue weighted by molar-refractivity contribution is 7.15. The first-order valence-corrected chi connectivity index (χ1v) is 6.54. The van der Waals surface area contributed by atoms with E-state index >= 15 is 0 Å². The van der Waals surface area contributed by atoms with E-state index in [1.165, 1.54) is 11.3 Å². The van der Waals surface area contributed by atoms with Gasteiger partial charge in [0, 0.05) is 4.88 Å². The van der Waals surface area contributed by atoms with E-state index in [-0.39, 0.29) is 6.03 Å². The van der Waals surface area contributed by atoms with E-state index in [1.54, 1.807) is 12.3 Å². The Labute approximate surface area is 109 Å². The third-order valence-corrected chi connectivity index (χ3v) is 3.38. The largest absolute Gasteiger partial charge is 0.467 e. The molecule has 6 heteroatoms. The van der Waals surface area contributed by atoms with Gasteiger partial charge in [-0.1, -0.05) is 6.92 Å². The molecule has 2 N–H and O–H groups in total. The first-order chi connectivity index (χ1) is 8.69. The highest BCUT2D eigenvalue weighted by Crippen LogP contribution is 2.22. The fourth-order valence-corrected chi connectivity index (χ4v) is 2.43. The fraction of sp³-hybridized carbons (Fsp3) is 0.333. The van der Waals surface area contributed by atoms with Gasteiger partial charge in [-0.3, -0.25) is 5.32 Å². The zero-order valence-electron chi connectivity index (χ0n) is 10.3. The maximum atomic E-state index is 11.6. The molecule has 2 aromatic heterocycles. The van der Waals surface area contributed by atoms with Crippen molar-refractivity contribution in [3.63, 3.8) is 0 Å². The number of urea groups is 1. The van der Waals surface area contributed by atoms with Gasteiger partial charge < -0.3 is 9.73 Å². The average molecular weight is 265 g/mol. The van der Waals surface area contributed by atoms with Crippen LogP contribution >= 0.6 is 11.3 Å². The maximum Gasteiger partial charge on any atom is 0.321 e. The van der Waals surface area contributed by atoms with Gasteiger partial charge in [0.05, 0.1) is 18.5 Å². The summed E-state index contributed by atoms with van der Waals surface area (Å²) >= 11 is 1.48. The Morgan fingerprint density at radius 2 is 2.39 bits per heavy atom. The highest BCUT2D eigenvalue weighted by Gasteiger charge is 2.09. The number of carbonyl (C=O) groups excluding carboxylic acids is 1. The number of nitrogens with zero attached hydrogens (tertiary/aromatic N) is 1. The standard InChI is InChI=1S/C12H15N3O2S/c1-3-10-8(2)18-12(14-10)15-11(16)13-7-9-5-4-6-17-9/h4-6H,3,7H2,1-2H3,(H2,13,14,15,16). The second-order valence-electron chi connectivity index (χ2n) is 3.76. The maximum absolute atomic E-state index is 11.6. The number of nitrogens with one attached hydrogen (secondary N) is 2. The molecule has 2 rings (SSSR count). The minimum atomic E-state index is -0.275. The van der Waals surface area contributed by atoms with Crippen molar-refractivity contribution in [3.05, 3.63) is 34.7 Å². The summed E-state index contributed by atoms with van der Waals surface area (Å²) in [7, 11) is 0. The van der Waals surface area contributed by atoms with Crippen LogP contribution in [0.4, 0.5) is 9.93 Å². The van der Waals surface area contributed by atoms with Gasteiger partial charge in [0.15, 0.2) is 5.13 Å². The number of furan rings is 1. The summed E-state index contributed by atoms with van der Waals surface area (Å²) in [6.45, 7) is 4.41. The van der Waals surface area contributed by atoms with Gasteiger partial charge in [-0.05, 0) is 25.5 Å². The number of rotatable bonds is 4. The molecule has 0 aromatic carbocycles. The van der Waals surface area contributed by atoms with Crippen molar-refractivity contribution in [2.24, 2.45) is 0 Å². The van der Waals surface area contributed by atoms with Crippen molar-refractivity contribution < 1.29 is 9.21 Å². The molecule has 0 fully saturated rings. The molecule has 0 saturated heterocycles. The minimum absolute atomic E-state index is 0.275. The molecule has 96 valence electrons. The average Bonchev–Trinajstić information content (AvgIpc) is 2.96. The molecule has 18 heavy (non-hydrogen) atoms. The zero-order chi connectivity index (χ0) is 13.0. The molecular formula is C12H15N3O2S. The van der Waals surface area contributed by atoms with Crippen LogP contribution in [0.15, 0.2) is 22.8 Å². The van der Waals surface area contributed by atoms with E-state index in [2.05, 4.69) is 15.6 Å². The van der Waals surface area contributed by atoms with Gasteiger partial charge in [0.2, 0.25) is 0 Å². The molecule has 0 bridgehead atoms. The predicted molar refractivity (Wildman–Crippen MR) is 70.8 cm³/mol. The van der Waals surface area contributed by atoms with Gasteiger partial charge in [-0.15, -0.1) is 11.3 Å². The van der Waals surface area contributed by atoms with Crippen molar-refractivity contribution in [1.82, 2.24) is 10.3 Å². The Morgan fingerprint density at radius 1 is 1.56 bits per heavy atom. The fourth-order valence-electron chi connectivity index (χ4n) is 1.53. The van der Waals surface area contributed by atoms with Crippen molar-refractivity contribution >= 4 is 22.5 Å². The van der Waals surface area contributed by atoms with Gasteiger partial charge in [0.25, 0.3) is 0 Å². The number of aromatic nitrogens is 1. The van der Waals surface area contributed by atoms with Crippen LogP contribution in [0, 0.1) is 6.92 Å². The SMILES string of the molecule is CCc1nc(NC(=O)NCc2ccco2)sc1C. The monoisotopic (exact) mass is 265 g/mol. The van der Waals surface area contributed by atoms with Gasteiger partial charge in [0.1, 0.15) is 5.76 Å². The normalized spacial score (nSPS) is 10.3. The van der Waals surface area contributed by atoms with Gasteiger partial charge >= 0.3 is 6.03 Å². The van der Waals surface area contributed by atoms with E-state index in [9.17, 15) is 4.79 Å². The van der Waals surface area contributed by atoms with Crippen LogP contribution in [0.1, 0.15) is 23.3 Å². The third-order valence-electron chi connectivity index (χ3n) is 2.45. The summed E-state index contributed by atoms with van der Waals surface area (Å²) in [5, 5.41) is 6.04. The number of anilines is 1. The lowest BCUT2D eigenvalue weighted by molar-refractivity contribution is 0.251. The number of amides is 2. The van der Waals surface area contributed by atoms with E-state index in [1.807, 2.05) is 19.9 Å². The molecular weight excluding hydrogens is 250 g/mol. The molecule has 0 aliphatic rings. The molecule has 0 spiro atoms.